The lowest BCUT2D eigenvalue weighted by molar-refractivity contribution is -0.173. The van der Waals surface area contributed by atoms with Crippen molar-refractivity contribution in [1.29, 1.82) is 0 Å². The second-order valence-electron chi connectivity index (χ2n) is 8.57. The van der Waals surface area contributed by atoms with E-state index in [1.807, 2.05) is 0 Å². The number of carbonyl (C=O) groups is 2. The second kappa shape index (κ2) is 16.5. The van der Waals surface area contributed by atoms with Crippen LogP contribution in [0.1, 0.15) is 27.7 Å². The average molecular weight is 513 g/mol. The van der Waals surface area contributed by atoms with E-state index in [0.29, 0.717) is 51.9 Å². The van der Waals surface area contributed by atoms with Crippen LogP contribution in [0.5, 0.6) is 0 Å². The van der Waals surface area contributed by atoms with Crippen molar-refractivity contribution in [3.05, 3.63) is 0 Å². The fraction of sp³-hybridized carbons (Fsp3) is 0.905. The van der Waals surface area contributed by atoms with Crippen LogP contribution in [-0.4, -0.2) is 121 Å². The van der Waals surface area contributed by atoms with Crippen molar-refractivity contribution >= 4 is 23.8 Å². The van der Waals surface area contributed by atoms with Gasteiger partial charge >= 0.3 is 6.09 Å². The van der Waals surface area contributed by atoms with Gasteiger partial charge in [-0.25, -0.2) is 4.79 Å². The van der Waals surface area contributed by atoms with E-state index in [2.05, 4.69) is 10.6 Å². The number of hydrogen-bond acceptors (Lipinski definition) is 11. The summed E-state index contributed by atoms with van der Waals surface area (Å²) in [5.74, 6) is 0.153. The molecule has 0 aromatic rings. The molecular formula is C21H40N2O10S. The Kier molecular flexibility index (Phi) is 14.9. The van der Waals surface area contributed by atoms with Gasteiger partial charge in [0, 0.05) is 19.2 Å². The number of aliphatic hydroxyl groups excluding tert-OH is 3. The van der Waals surface area contributed by atoms with E-state index in [-0.39, 0.29) is 5.91 Å². The standard InChI is InChI=1S/C21H40N2O10S/c1-14(25)23-16-18(27)17(26)15(13-24)32-19(16)34-12-11-31-10-9-30-8-7-29-6-5-22-20(28)33-21(2,3)4/h15-19,24,26-27H,5-13H2,1-4H3,(H,22,28)(H,23,25)/t15-,16-,17+,18-,19-/m1/s1. The van der Waals surface area contributed by atoms with E-state index < -0.39 is 48.1 Å². The topological polar surface area (TPSA) is 165 Å². The van der Waals surface area contributed by atoms with Gasteiger partial charge in [0.1, 0.15) is 29.3 Å². The van der Waals surface area contributed by atoms with Gasteiger partial charge in [-0.1, -0.05) is 0 Å². The first-order chi connectivity index (χ1) is 16.0. The first-order valence-corrected chi connectivity index (χ1v) is 12.3. The molecule has 1 rings (SSSR count). The molecule has 34 heavy (non-hydrogen) atoms. The highest BCUT2D eigenvalue weighted by molar-refractivity contribution is 7.99. The molecule has 0 spiro atoms. The lowest BCUT2D eigenvalue weighted by Crippen LogP contribution is -2.63. The molecule has 0 saturated carbocycles. The summed E-state index contributed by atoms with van der Waals surface area (Å²) in [4.78, 5) is 22.9. The van der Waals surface area contributed by atoms with Crippen LogP contribution in [0.2, 0.25) is 0 Å². The van der Waals surface area contributed by atoms with Crippen LogP contribution in [0.15, 0.2) is 0 Å². The van der Waals surface area contributed by atoms with Crippen molar-refractivity contribution in [2.24, 2.45) is 0 Å². The van der Waals surface area contributed by atoms with Crippen LogP contribution in [0.3, 0.4) is 0 Å². The molecule has 0 aromatic heterocycles. The zero-order valence-electron chi connectivity index (χ0n) is 20.4. The lowest BCUT2D eigenvalue weighted by atomic mass is 9.98. The Morgan fingerprint density at radius 3 is 2.12 bits per heavy atom. The van der Waals surface area contributed by atoms with E-state index in [4.69, 9.17) is 23.7 Å². The molecule has 1 fully saturated rings. The number of amides is 2. The summed E-state index contributed by atoms with van der Waals surface area (Å²) in [7, 11) is 0. The van der Waals surface area contributed by atoms with Gasteiger partial charge in [0.2, 0.25) is 5.91 Å². The SMILES string of the molecule is CC(=O)N[C@@H]1[C@@H](O)[C@@H](O)[C@@H](CO)O[C@@H]1SCCOCCOCCOCCNC(=O)OC(C)(C)C. The third-order valence-corrected chi connectivity index (χ3v) is 5.55. The Morgan fingerprint density at radius 2 is 1.56 bits per heavy atom. The molecule has 0 aromatic carbocycles. The Morgan fingerprint density at radius 1 is 0.971 bits per heavy atom. The number of nitrogens with one attached hydrogen (secondary N) is 2. The number of aliphatic hydroxyl groups is 3. The Bertz CT molecular complexity index is 592. The number of carbonyl (C=O) groups excluding carboxylic acids is 2. The molecule has 13 heteroatoms. The van der Waals surface area contributed by atoms with Crippen LogP contribution < -0.4 is 10.6 Å². The molecule has 5 N–H and O–H groups in total. The summed E-state index contributed by atoms with van der Waals surface area (Å²) < 4.78 is 27.0. The molecule has 2 amide bonds. The Labute approximate surface area is 205 Å². The number of hydrogen-bond donors (Lipinski definition) is 5. The normalized spacial score (nSPS) is 25.1. The maximum Gasteiger partial charge on any atom is 0.407 e. The highest BCUT2D eigenvalue weighted by Crippen LogP contribution is 2.28. The second-order valence-corrected chi connectivity index (χ2v) is 9.78. The lowest BCUT2D eigenvalue weighted by Gasteiger charge is -2.42. The molecule has 12 nitrogen and oxygen atoms in total. The highest BCUT2D eigenvalue weighted by atomic mass is 32.2. The fourth-order valence-electron chi connectivity index (χ4n) is 2.92. The van der Waals surface area contributed by atoms with Crippen LogP contribution in [0.4, 0.5) is 4.79 Å². The predicted molar refractivity (Wildman–Crippen MR) is 125 cm³/mol. The predicted octanol–water partition coefficient (Wildman–Crippen LogP) is -0.762. The first kappa shape index (κ1) is 30.8. The van der Waals surface area contributed by atoms with Gasteiger partial charge in [0.05, 0.1) is 52.3 Å². The maximum absolute atomic E-state index is 11.5. The molecule has 0 bridgehead atoms. The van der Waals surface area contributed by atoms with Crippen molar-refractivity contribution in [2.75, 3.05) is 58.5 Å². The minimum atomic E-state index is -1.29. The van der Waals surface area contributed by atoms with Gasteiger partial charge in [-0.2, -0.15) is 0 Å². The monoisotopic (exact) mass is 512 g/mol. The van der Waals surface area contributed by atoms with Gasteiger partial charge in [-0.15, -0.1) is 11.8 Å². The number of rotatable bonds is 15. The molecule has 5 atom stereocenters. The summed E-state index contributed by atoms with van der Waals surface area (Å²) in [6.07, 6.45) is -3.96. The summed E-state index contributed by atoms with van der Waals surface area (Å²) in [6, 6.07) is -0.803. The third kappa shape index (κ3) is 13.0. The third-order valence-electron chi connectivity index (χ3n) is 4.42. The zero-order valence-corrected chi connectivity index (χ0v) is 21.2. The van der Waals surface area contributed by atoms with E-state index >= 15 is 0 Å². The van der Waals surface area contributed by atoms with Crippen LogP contribution in [0.25, 0.3) is 0 Å². The molecule has 200 valence electrons. The molecule has 0 aliphatic carbocycles. The molecule has 1 heterocycles. The average Bonchev–Trinajstić information content (AvgIpc) is 2.74. The summed E-state index contributed by atoms with van der Waals surface area (Å²) in [5.41, 5.74) is -1.17. The number of ether oxygens (including phenoxy) is 5. The highest BCUT2D eigenvalue weighted by Gasteiger charge is 2.44. The molecular weight excluding hydrogens is 472 g/mol. The van der Waals surface area contributed by atoms with Gasteiger partial charge in [0.25, 0.3) is 0 Å². The number of alkyl carbamates (subject to hydrolysis) is 1. The van der Waals surface area contributed by atoms with Gasteiger partial charge in [-0.05, 0) is 20.8 Å². The molecule has 1 aliphatic rings. The van der Waals surface area contributed by atoms with E-state index in [1.165, 1.54) is 18.7 Å². The van der Waals surface area contributed by atoms with Crippen molar-refractivity contribution in [1.82, 2.24) is 10.6 Å². The van der Waals surface area contributed by atoms with Crippen LogP contribution >= 0.6 is 11.8 Å². The molecule has 0 radical (unpaired) electrons. The van der Waals surface area contributed by atoms with Crippen LogP contribution in [0, 0.1) is 0 Å². The zero-order chi connectivity index (χ0) is 25.6. The van der Waals surface area contributed by atoms with Crippen molar-refractivity contribution in [3.63, 3.8) is 0 Å². The summed E-state index contributed by atoms with van der Waals surface area (Å²) in [5, 5.41) is 34.8. The fourth-order valence-corrected chi connectivity index (χ4v) is 4.02. The Balaban J connectivity index is 2.06. The van der Waals surface area contributed by atoms with E-state index in [1.54, 1.807) is 20.8 Å². The molecule has 1 saturated heterocycles. The minimum absolute atomic E-state index is 0.345. The largest absolute Gasteiger partial charge is 0.444 e. The quantitative estimate of drug-likeness (QED) is 0.175. The number of thioether (sulfide) groups is 1. The van der Waals surface area contributed by atoms with Crippen molar-refractivity contribution in [3.8, 4) is 0 Å². The summed E-state index contributed by atoms with van der Waals surface area (Å²) in [6.45, 7) is 8.87. The maximum atomic E-state index is 11.5. The van der Waals surface area contributed by atoms with Crippen molar-refractivity contribution in [2.45, 2.75) is 63.1 Å². The molecule has 1 aliphatic heterocycles. The smallest absolute Gasteiger partial charge is 0.407 e. The van der Waals surface area contributed by atoms with Crippen molar-refractivity contribution < 1.29 is 48.6 Å². The minimum Gasteiger partial charge on any atom is -0.444 e. The van der Waals surface area contributed by atoms with Crippen LogP contribution in [-0.2, 0) is 28.5 Å². The van der Waals surface area contributed by atoms with Gasteiger partial charge in [0.15, 0.2) is 0 Å². The van der Waals surface area contributed by atoms with E-state index in [0.717, 1.165) is 0 Å². The van der Waals surface area contributed by atoms with Gasteiger partial charge < -0.3 is 49.6 Å². The summed E-state index contributed by atoms with van der Waals surface area (Å²) >= 11 is 1.31. The molecule has 0 unspecified atom stereocenters. The van der Waals surface area contributed by atoms with E-state index in [9.17, 15) is 24.9 Å². The Hall–Kier alpha value is -1.19. The van der Waals surface area contributed by atoms with Gasteiger partial charge in [-0.3, -0.25) is 4.79 Å². The first-order valence-electron chi connectivity index (χ1n) is 11.3.